The molecule has 1 saturated heterocycles. The number of nitrogens with one attached hydrogen (secondary N) is 1. The van der Waals surface area contributed by atoms with Gasteiger partial charge in [-0.05, 0) is 19.1 Å². The fourth-order valence-electron chi connectivity index (χ4n) is 2.69. The fourth-order valence-corrected chi connectivity index (χ4v) is 2.69. The van der Waals surface area contributed by atoms with Crippen molar-refractivity contribution >= 4 is 5.69 Å². The molecule has 1 heterocycles. The van der Waals surface area contributed by atoms with Crippen LogP contribution in [0, 0.1) is 11.8 Å². The van der Waals surface area contributed by atoms with Crippen LogP contribution in [-0.2, 0) is 5.60 Å². The molecule has 0 unspecified atom stereocenters. The van der Waals surface area contributed by atoms with E-state index in [1.54, 1.807) is 11.8 Å². The standard InChI is InChI=1S/C16H16F6N2O/c1-2-3-13-10-23-8-9-24(13)12-6-4-11(5-7-12)14(25,15(17,18)19)16(20,21)22/h4-7,13,23,25H,8-10H2,1H3/t13-/m0/s1. The van der Waals surface area contributed by atoms with Crippen molar-refractivity contribution in [3.05, 3.63) is 29.8 Å². The van der Waals surface area contributed by atoms with Gasteiger partial charge in [0.2, 0.25) is 0 Å². The summed E-state index contributed by atoms with van der Waals surface area (Å²) >= 11 is 0. The molecule has 0 amide bonds. The first-order valence-corrected chi connectivity index (χ1v) is 7.38. The van der Waals surface area contributed by atoms with E-state index in [-0.39, 0.29) is 6.04 Å². The van der Waals surface area contributed by atoms with Gasteiger partial charge < -0.3 is 15.3 Å². The van der Waals surface area contributed by atoms with Crippen molar-refractivity contribution in [1.29, 1.82) is 0 Å². The number of rotatable bonds is 2. The van der Waals surface area contributed by atoms with Crippen LogP contribution in [0.25, 0.3) is 0 Å². The normalized spacial score (nSPS) is 19.4. The molecular weight excluding hydrogens is 350 g/mol. The summed E-state index contributed by atoms with van der Waals surface area (Å²) in [5.41, 5.74) is -5.75. The van der Waals surface area contributed by atoms with Crippen LogP contribution in [0.3, 0.4) is 0 Å². The lowest BCUT2D eigenvalue weighted by Gasteiger charge is -2.36. The first-order chi connectivity index (χ1) is 11.5. The van der Waals surface area contributed by atoms with Gasteiger partial charge in [0.05, 0.1) is 0 Å². The van der Waals surface area contributed by atoms with Gasteiger partial charge in [-0.3, -0.25) is 0 Å². The number of alkyl halides is 6. The zero-order chi connectivity index (χ0) is 18.9. The minimum atomic E-state index is -5.89. The Morgan fingerprint density at radius 1 is 1.08 bits per heavy atom. The van der Waals surface area contributed by atoms with Gasteiger partial charge in [0, 0.05) is 30.9 Å². The Bertz CT molecular complexity index is 642. The summed E-state index contributed by atoms with van der Waals surface area (Å²) in [6, 6.07) is 3.32. The first-order valence-electron chi connectivity index (χ1n) is 7.38. The summed E-state index contributed by atoms with van der Waals surface area (Å²) < 4.78 is 77.4. The summed E-state index contributed by atoms with van der Waals surface area (Å²) in [6.45, 7) is 3.28. The van der Waals surface area contributed by atoms with Crippen molar-refractivity contribution in [2.75, 3.05) is 24.5 Å². The average molecular weight is 366 g/mol. The predicted octanol–water partition coefficient (Wildman–Crippen LogP) is 2.80. The largest absolute Gasteiger partial charge is 0.430 e. The highest BCUT2D eigenvalue weighted by atomic mass is 19.4. The summed E-state index contributed by atoms with van der Waals surface area (Å²) in [5.74, 6) is 5.67. The number of anilines is 1. The topological polar surface area (TPSA) is 35.5 Å². The van der Waals surface area contributed by atoms with Crippen LogP contribution in [0.1, 0.15) is 12.5 Å². The molecule has 1 atom stereocenters. The Morgan fingerprint density at radius 3 is 2.12 bits per heavy atom. The minimum Gasteiger partial charge on any atom is -0.369 e. The minimum absolute atomic E-state index is 0.242. The molecule has 1 aromatic rings. The van der Waals surface area contributed by atoms with Crippen molar-refractivity contribution in [3.8, 4) is 11.8 Å². The van der Waals surface area contributed by atoms with Gasteiger partial charge in [-0.25, -0.2) is 0 Å². The van der Waals surface area contributed by atoms with E-state index < -0.39 is 23.5 Å². The van der Waals surface area contributed by atoms with Crippen LogP contribution in [0.15, 0.2) is 24.3 Å². The zero-order valence-electron chi connectivity index (χ0n) is 13.2. The van der Waals surface area contributed by atoms with Gasteiger partial charge in [0.1, 0.15) is 6.04 Å². The van der Waals surface area contributed by atoms with Crippen molar-refractivity contribution in [3.63, 3.8) is 0 Å². The van der Waals surface area contributed by atoms with Crippen molar-refractivity contribution in [2.24, 2.45) is 0 Å². The maximum Gasteiger partial charge on any atom is 0.430 e. The lowest BCUT2D eigenvalue weighted by Crippen LogP contribution is -2.54. The van der Waals surface area contributed by atoms with Gasteiger partial charge in [-0.2, -0.15) is 26.3 Å². The molecule has 0 radical (unpaired) electrons. The van der Waals surface area contributed by atoms with E-state index in [1.807, 2.05) is 0 Å². The summed E-state index contributed by atoms with van der Waals surface area (Å²) in [6.07, 6.45) is -11.8. The molecule has 0 bridgehead atoms. The molecule has 2 N–H and O–H groups in total. The number of halogens is 6. The van der Waals surface area contributed by atoms with Crippen LogP contribution in [-0.4, -0.2) is 43.1 Å². The highest BCUT2D eigenvalue weighted by Gasteiger charge is 2.71. The predicted molar refractivity (Wildman–Crippen MR) is 79.9 cm³/mol. The SMILES string of the molecule is CC#C[C@H]1CNCCN1c1ccc(C(O)(C(F)(F)F)C(F)(F)F)cc1. The van der Waals surface area contributed by atoms with Crippen LogP contribution in [0.2, 0.25) is 0 Å². The summed E-state index contributed by atoms with van der Waals surface area (Å²) in [7, 11) is 0. The van der Waals surface area contributed by atoms with Crippen molar-refractivity contribution in [2.45, 2.75) is 30.9 Å². The van der Waals surface area contributed by atoms with E-state index in [4.69, 9.17) is 0 Å². The van der Waals surface area contributed by atoms with E-state index in [2.05, 4.69) is 17.2 Å². The van der Waals surface area contributed by atoms with Gasteiger partial charge in [-0.1, -0.05) is 18.1 Å². The molecule has 0 aromatic heterocycles. The fraction of sp³-hybridized carbons (Fsp3) is 0.500. The lowest BCUT2D eigenvalue weighted by atomic mass is 9.92. The Labute approximate surface area is 140 Å². The van der Waals surface area contributed by atoms with E-state index in [0.29, 0.717) is 37.5 Å². The number of piperazine rings is 1. The van der Waals surface area contributed by atoms with Crippen molar-refractivity contribution < 1.29 is 31.4 Å². The molecule has 25 heavy (non-hydrogen) atoms. The highest BCUT2D eigenvalue weighted by Crippen LogP contribution is 2.50. The van der Waals surface area contributed by atoms with Gasteiger partial charge in [-0.15, -0.1) is 5.92 Å². The summed E-state index contributed by atoms with van der Waals surface area (Å²) in [4.78, 5) is 1.79. The monoisotopic (exact) mass is 366 g/mol. The molecule has 1 fully saturated rings. The molecule has 0 aliphatic carbocycles. The van der Waals surface area contributed by atoms with Gasteiger partial charge >= 0.3 is 12.4 Å². The number of nitrogens with zero attached hydrogens (tertiary/aromatic N) is 1. The van der Waals surface area contributed by atoms with Gasteiger partial charge in [0.15, 0.2) is 0 Å². The summed E-state index contributed by atoms with van der Waals surface area (Å²) in [5, 5.41) is 12.5. The quantitative estimate of drug-likeness (QED) is 0.624. The van der Waals surface area contributed by atoms with E-state index in [1.165, 1.54) is 0 Å². The third-order valence-corrected chi connectivity index (χ3v) is 3.99. The van der Waals surface area contributed by atoms with E-state index in [0.717, 1.165) is 12.1 Å². The average Bonchev–Trinajstić information content (AvgIpc) is 2.53. The molecule has 1 aromatic carbocycles. The Hall–Kier alpha value is -1.92. The Kier molecular flexibility index (Phi) is 5.25. The third kappa shape index (κ3) is 3.55. The Morgan fingerprint density at radius 2 is 1.64 bits per heavy atom. The second-order valence-electron chi connectivity index (χ2n) is 5.56. The number of aliphatic hydroxyl groups is 1. The Balaban J connectivity index is 2.39. The molecule has 0 saturated carbocycles. The zero-order valence-corrected chi connectivity index (χ0v) is 13.2. The highest BCUT2D eigenvalue weighted by molar-refractivity contribution is 5.52. The lowest BCUT2D eigenvalue weighted by molar-refractivity contribution is -0.376. The van der Waals surface area contributed by atoms with Crippen molar-refractivity contribution in [1.82, 2.24) is 5.32 Å². The first kappa shape index (κ1) is 19.4. The van der Waals surface area contributed by atoms with Crippen LogP contribution >= 0.6 is 0 Å². The number of hydrogen-bond donors (Lipinski definition) is 2. The maximum absolute atomic E-state index is 12.9. The molecular formula is C16H16F6N2O. The van der Waals surface area contributed by atoms with Crippen LogP contribution in [0.5, 0.6) is 0 Å². The molecule has 3 nitrogen and oxygen atoms in total. The maximum atomic E-state index is 12.9. The molecule has 9 heteroatoms. The second-order valence-corrected chi connectivity index (χ2v) is 5.56. The third-order valence-electron chi connectivity index (χ3n) is 3.99. The molecule has 2 rings (SSSR count). The van der Waals surface area contributed by atoms with E-state index in [9.17, 15) is 31.4 Å². The molecule has 1 aliphatic heterocycles. The number of hydrogen-bond acceptors (Lipinski definition) is 3. The smallest absolute Gasteiger partial charge is 0.369 e. The molecule has 1 aliphatic rings. The van der Waals surface area contributed by atoms with Gasteiger partial charge in [0.25, 0.3) is 5.60 Å². The molecule has 0 spiro atoms. The van der Waals surface area contributed by atoms with Crippen LogP contribution in [0.4, 0.5) is 32.0 Å². The van der Waals surface area contributed by atoms with Crippen LogP contribution < -0.4 is 10.2 Å². The number of benzene rings is 1. The second kappa shape index (κ2) is 6.77. The van der Waals surface area contributed by atoms with E-state index >= 15 is 0 Å². The molecule has 138 valence electrons.